The highest BCUT2D eigenvalue weighted by Gasteiger charge is 2.44. The van der Waals surface area contributed by atoms with Gasteiger partial charge in [-0.05, 0) is 25.1 Å². The number of nitrogen functional groups attached to an aromatic ring is 1. The largest absolute Gasteiger partial charge is 0.387 e. The Labute approximate surface area is 208 Å². The van der Waals surface area contributed by atoms with Crippen LogP contribution in [0.3, 0.4) is 0 Å². The molecule has 0 aliphatic carbocycles. The van der Waals surface area contributed by atoms with Crippen LogP contribution in [0, 0.1) is 0 Å². The van der Waals surface area contributed by atoms with E-state index >= 15 is 0 Å². The summed E-state index contributed by atoms with van der Waals surface area (Å²) in [7, 11) is 0. The number of hydrogen-bond acceptors (Lipinski definition) is 10. The number of ether oxygens (including phenoxy) is 1. The Morgan fingerprint density at radius 3 is 2.69 bits per heavy atom. The lowest BCUT2D eigenvalue weighted by molar-refractivity contribution is -0.0440. The molecule has 2 amide bonds. The lowest BCUT2D eigenvalue weighted by Gasteiger charge is -2.26. The molecule has 13 nitrogen and oxygen atoms in total. The van der Waals surface area contributed by atoms with Gasteiger partial charge >= 0.3 is 6.03 Å². The van der Waals surface area contributed by atoms with E-state index in [1.807, 2.05) is 35.2 Å². The zero-order valence-electron chi connectivity index (χ0n) is 19.9. The Kier molecular flexibility index (Phi) is 8.61. The SMILES string of the molecule is NCCCN(CCNC(=O)NCc1ccccc1)C[C@H]1O[C@@H](n2cnc3c(N)ncnc32)[C@H](O)[C@@H]1O. The van der Waals surface area contributed by atoms with Crippen molar-refractivity contribution in [2.45, 2.75) is 37.5 Å². The van der Waals surface area contributed by atoms with E-state index in [1.165, 1.54) is 12.7 Å². The molecule has 194 valence electrons. The lowest BCUT2D eigenvalue weighted by atomic mass is 10.1. The first-order valence-corrected chi connectivity index (χ1v) is 11.9. The van der Waals surface area contributed by atoms with Gasteiger partial charge in [-0.15, -0.1) is 0 Å². The maximum absolute atomic E-state index is 12.2. The molecule has 0 saturated carbocycles. The minimum Gasteiger partial charge on any atom is -0.387 e. The van der Waals surface area contributed by atoms with Crippen LogP contribution in [0.15, 0.2) is 43.0 Å². The molecule has 4 atom stereocenters. The number of carbonyl (C=O) groups is 1. The number of aromatic nitrogens is 4. The van der Waals surface area contributed by atoms with E-state index in [1.54, 1.807) is 4.57 Å². The summed E-state index contributed by atoms with van der Waals surface area (Å²) in [5.74, 6) is 0.219. The van der Waals surface area contributed by atoms with Crippen LogP contribution in [0.1, 0.15) is 18.2 Å². The Morgan fingerprint density at radius 2 is 1.92 bits per heavy atom. The van der Waals surface area contributed by atoms with E-state index in [0.717, 1.165) is 12.0 Å². The number of imidazole rings is 1. The number of carbonyl (C=O) groups excluding carboxylic acids is 1. The predicted molar refractivity (Wildman–Crippen MR) is 132 cm³/mol. The molecule has 4 rings (SSSR count). The number of nitrogens with two attached hydrogens (primary N) is 2. The van der Waals surface area contributed by atoms with Gasteiger partial charge in [0.25, 0.3) is 0 Å². The average Bonchev–Trinajstić information content (AvgIpc) is 3.44. The molecule has 1 fully saturated rings. The molecule has 36 heavy (non-hydrogen) atoms. The fourth-order valence-corrected chi connectivity index (χ4v) is 4.20. The predicted octanol–water partition coefficient (Wildman–Crippen LogP) is -0.822. The number of hydrogen-bond donors (Lipinski definition) is 6. The van der Waals surface area contributed by atoms with Crippen LogP contribution in [0.4, 0.5) is 10.6 Å². The van der Waals surface area contributed by atoms with Crippen LogP contribution in [0.2, 0.25) is 0 Å². The molecule has 8 N–H and O–H groups in total. The Bertz CT molecular complexity index is 1130. The molecule has 2 aromatic heterocycles. The summed E-state index contributed by atoms with van der Waals surface area (Å²) >= 11 is 0. The highest BCUT2D eigenvalue weighted by Crippen LogP contribution is 2.32. The highest BCUT2D eigenvalue weighted by molar-refractivity contribution is 5.81. The van der Waals surface area contributed by atoms with Gasteiger partial charge in [0.2, 0.25) is 0 Å². The number of fused-ring (bicyclic) bond motifs is 1. The molecular weight excluding hydrogens is 466 g/mol. The first-order valence-electron chi connectivity index (χ1n) is 11.9. The van der Waals surface area contributed by atoms with Gasteiger partial charge in [-0.3, -0.25) is 9.47 Å². The molecule has 3 aromatic rings. The summed E-state index contributed by atoms with van der Waals surface area (Å²) in [6.07, 6.45) is -0.382. The third-order valence-electron chi connectivity index (χ3n) is 6.12. The number of nitrogens with one attached hydrogen (secondary N) is 2. The Morgan fingerprint density at radius 1 is 1.11 bits per heavy atom. The summed E-state index contributed by atoms with van der Waals surface area (Å²) in [4.78, 5) is 26.5. The summed E-state index contributed by atoms with van der Waals surface area (Å²) < 4.78 is 7.60. The van der Waals surface area contributed by atoms with Crippen molar-refractivity contribution in [1.82, 2.24) is 35.1 Å². The first-order chi connectivity index (χ1) is 17.5. The van der Waals surface area contributed by atoms with E-state index in [2.05, 4.69) is 25.6 Å². The van der Waals surface area contributed by atoms with E-state index in [-0.39, 0.29) is 11.8 Å². The van der Waals surface area contributed by atoms with Gasteiger partial charge in [0.15, 0.2) is 17.7 Å². The second-order valence-electron chi connectivity index (χ2n) is 8.67. The second kappa shape index (κ2) is 12.1. The lowest BCUT2D eigenvalue weighted by Crippen LogP contribution is -2.45. The number of aliphatic hydroxyl groups is 2. The minimum atomic E-state index is -1.19. The van der Waals surface area contributed by atoms with E-state index in [9.17, 15) is 15.0 Å². The molecular formula is C23H33N9O4. The van der Waals surface area contributed by atoms with Crippen molar-refractivity contribution in [2.24, 2.45) is 5.73 Å². The number of amides is 2. The molecule has 0 spiro atoms. The number of aliphatic hydroxyl groups excluding tert-OH is 2. The monoisotopic (exact) mass is 499 g/mol. The normalized spacial score (nSPS) is 21.8. The number of urea groups is 1. The van der Waals surface area contributed by atoms with Crippen LogP contribution in [-0.2, 0) is 11.3 Å². The van der Waals surface area contributed by atoms with Crippen LogP contribution < -0.4 is 22.1 Å². The second-order valence-corrected chi connectivity index (χ2v) is 8.67. The maximum Gasteiger partial charge on any atom is 0.315 e. The third kappa shape index (κ3) is 6.06. The van der Waals surface area contributed by atoms with Crippen LogP contribution >= 0.6 is 0 Å². The standard InChI is InChI=1S/C23H33N9O4/c24-7-4-9-31(10-8-26-23(35)27-11-15-5-2-1-3-6-15)12-16-18(33)19(34)22(36-16)32-14-30-17-20(25)28-13-29-21(17)32/h1-3,5-6,13-14,16,18-19,22,33-34H,4,7-12,24H2,(H2,25,28,29)(H2,26,27,35)/t16-,18-,19-,22-/m1/s1. The summed E-state index contributed by atoms with van der Waals surface area (Å²) in [6.45, 7) is 2.83. The number of nitrogens with zero attached hydrogens (tertiary/aromatic N) is 5. The average molecular weight is 500 g/mol. The van der Waals surface area contributed by atoms with Crippen molar-refractivity contribution < 1.29 is 19.7 Å². The van der Waals surface area contributed by atoms with Crippen molar-refractivity contribution >= 4 is 23.0 Å². The van der Waals surface area contributed by atoms with Gasteiger partial charge in [0.1, 0.15) is 30.2 Å². The van der Waals surface area contributed by atoms with Crippen molar-refractivity contribution in [3.05, 3.63) is 48.5 Å². The Hall–Kier alpha value is -3.36. The molecule has 0 bridgehead atoms. The van der Waals surface area contributed by atoms with Crippen LogP contribution in [-0.4, -0.2) is 91.7 Å². The molecule has 0 radical (unpaired) electrons. The molecule has 1 aliphatic heterocycles. The van der Waals surface area contributed by atoms with Crippen molar-refractivity contribution in [3.63, 3.8) is 0 Å². The number of benzene rings is 1. The van der Waals surface area contributed by atoms with Crippen LogP contribution in [0.5, 0.6) is 0 Å². The quantitative estimate of drug-likeness (QED) is 0.194. The summed E-state index contributed by atoms with van der Waals surface area (Å²) in [5.41, 5.74) is 13.4. The highest BCUT2D eigenvalue weighted by atomic mass is 16.6. The Balaban J connectivity index is 1.32. The molecule has 0 unspecified atom stereocenters. The van der Waals surface area contributed by atoms with Gasteiger partial charge in [0.05, 0.1) is 6.33 Å². The van der Waals surface area contributed by atoms with Gasteiger partial charge < -0.3 is 37.1 Å². The number of rotatable bonds is 11. The van der Waals surface area contributed by atoms with Crippen molar-refractivity contribution in [1.29, 1.82) is 0 Å². The van der Waals surface area contributed by atoms with Gasteiger partial charge in [0, 0.05) is 26.2 Å². The van der Waals surface area contributed by atoms with E-state index in [0.29, 0.717) is 50.4 Å². The molecule has 3 heterocycles. The van der Waals surface area contributed by atoms with E-state index < -0.39 is 24.5 Å². The van der Waals surface area contributed by atoms with Crippen molar-refractivity contribution in [3.8, 4) is 0 Å². The van der Waals surface area contributed by atoms with E-state index in [4.69, 9.17) is 16.2 Å². The van der Waals surface area contributed by atoms with Crippen LogP contribution in [0.25, 0.3) is 11.2 Å². The molecule has 13 heteroatoms. The fraction of sp³-hybridized carbons (Fsp3) is 0.478. The molecule has 1 aromatic carbocycles. The minimum absolute atomic E-state index is 0.219. The maximum atomic E-state index is 12.2. The van der Waals surface area contributed by atoms with Gasteiger partial charge in [-0.25, -0.2) is 19.7 Å². The molecule has 1 saturated heterocycles. The first kappa shape index (κ1) is 25.7. The summed E-state index contributed by atoms with van der Waals surface area (Å²) in [6, 6.07) is 9.38. The third-order valence-corrected chi connectivity index (χ3v) is 6.12. The van der Waals surface area contributed by atoms with Gasteiger partial charge in [-0.1, -0.05) is 30.3 Å². The topological polar surface area (TPSA) is 190 Å². The van der Waals surface area contributed by atoms with Crippen molar-refractivity contribution in [2.75, 3.05) is 38.5 Å². The van der Waals surface area contributed by atoms with Gasteiger partial charge in [-0.2, -0.15) is 0 Å². The number of anilines is 1. The zero-order valence-corrected chi connectivity index (χ0v) is 19.9. The fourth-order valence-electron chi connectivity index (χ4n) is 4.20. The zero-order chi connectivity index (χ0) is 25.5. The molecule has 1 aliphatic rings. The smallest absolute Gasteiger partial charge is 0.315 e. The summed E-state index contributed by atoms with van der Waals surface area (Å²) in [5, 5.41) is 27.1.